The second-order valence-electron chi connectivity index (χ2n) is 8.80. The van der Waals surface area contributed by atoms with Crippen LogP contribution in [0.2, 0.25) is 0 Å². The zero-order chi connectivity index (χ0) is 28.3. The number of hydrogen-bond acceptors (Lipinski definition) is 11. The number of benzene rings is 2. The zero-order valence-electron chi connectivity index (χ0n) is 21.7. The first kappa shape index (κ1) is 27.6. The molecule has 1 saturated heterocycles. The predicted octanol–water partition coefficient (Wildman–Crippen LogP) is 1.89. The zero-order valence-corrected chi connectivity index (χ0v) is 21.7. The number of hydrogen-bond donors (Lipinski definition) is 0. The summed E-state index contributed by atoms with van der Waals surface area (Å²) in [6.07, 6.45) is -5.42. The first-order valence-corrected chi connectivity index (χ1v) is 12.0. The van der Waals surface area contributed by atoms with Crippen molar-refractivity contribution in [2.45, 2.75) is 51.4 Å². The molecule has 4 rings (SSSR count). The van der Waals surface area contributed by atoms with Gasteiger partial charge < -0.3 is 28.4 Å². The minimum Gasteiger partial charge on any atom is -0.497 e. The maximum atomic E-state index is 13.5. The lowest BCUT2D eigenvalue weighted by molar-refractivity contribution is -0.265. The molecule has 2 amide bonds. The first-order valence-electron chi connectivity index (χ1n) is 12.0. The minimum absolute atomic E-state index is 0.137. The highest BCUT2D eigenvalue weighted by Crippen LogP contribution is 2.36. The van der Waals surface area contributed by atoms with E-state index < -0.39 is 67.0 Å². The number of amides is 2. The summed E-state index contributed by atoms with van der Waals surface area (Å²) >= 11 is 0. The number of nitrogens with zero attached hydrogens (tertiary/aromatic N) is 1. The van der Waals surface area contributed by atoms with Crippen molar-refractivity contribution in [2.75, 3.05) is 13.7 Å². The normalized spacial score (nSPS) is 24.0. The number of carbonyl (C=O) groups is 5. The third-order valence-electron chi connectivity index (χ3n) is 6.10. The van der Waals surface area contributed by atoms with Crippen molar-refractivity contribution < 1.29 is 52.4 Å². The monoisotopic (exact) mass is 541 g/mol. The summed E-state index contributed by atoms with van der Waals surface area (Å²) in [5.74, 6) is -2.72. The van der Waals surface area contributed by atoms with Crippen LogP contribution in [0.1, 0.15) is 41.5 Å². The van der Waals surface area contributed by atoms with E-state index in [1.54, 1.807) is 36.4 Å². The van der Waals surface area contributed by atoms with E-state index in [0.717, 1.165) is 18.7 Å². The fraction of sp³-hybridized carbons (Fsp3) is 0.370. The molecule has 3 unspecified atom stereocenters. The van der Waals surface area contributed by atoms with Crippen LogP contribution in [-0.4, -0.2) is 79.0 Å². The summed E-state index contributed by atoms with van der Waals surface area (Å²) < 4.78 is 33.5. The van der Waals surface area contributed by atoms with Crippen LogP contribution in [-0.2, 0) is 33.3 Å². The molecule has 12 nitrogen and oxygen atoms in total. The minimum atomic E-state index is -1.44. The summed E-state index contributed by atoms with van der Waals surface area (Å²) in [5.41, 5.74) is 0.275. The molecular weight excluding hydrogens is 514 g/mol. The third-order valence-corrected chi connectivity index (χ3v) is 6.10. The third kappa shape index (κ3) is 5.85. The number of fused-ring (bicyclic) bond motifs is 1. The Morgan fingerprint density at radius 1 is 0.795 bits per heavy atom. The van der Waals surface area contributed by atoms with Crippen LogP contribution < -0.4 is 9.47 Å². The Morgan fingerprint density at radius 3 is 1.85 bits per heavy atom. The molecule has 2 heterocycles. The van der Waals surface area contributed by atoms with Gasteiger partial charge in [0, 0.05) is 20.8 Å². The van der Waals surface area contributed by atoms with E-state index in [2.05, 4.69) is 0 Å². The SMILES string of the molecule is COc1ccc(O[C@@H]2OC(COC(C)=O)[C@@H](OC(C)=O)C(OC(C)=O)C2N2C(=O)c3ccccc3C2=O)cc1. The number of carbonyl (C=O) groups excluding carboxylic acids is 5. The molecule has 2 aromatic carbocycles. The van der Waals surface area contributed by atoms with Gasteiger partial charge in [-0.05, 0) is 36.4 Å². The number of methoxy groups -OCH3 is 1. The van der Waals surface area contributed by atoms with E-state index in [0.29, 0.717) is 5.75 Å². The molecule has 12 heteroatoms. The van der Waals surface area contributed by atoms with Crippen LogP contribution in [0.3, 0.4) is 0 Å². The van der Waals surface area contributed by atoms with Crippen molar-refractivity contribution in [1.82, 2.24) is 4.90 Å². The van der Waals surface area contributed by atoms with Gasteiger partial charge in [0.2, 0.25) is 6.29 Å². The Hall–Kier alpha value is -4.45. The molecule has 0 aliphatic carbocycles. The van der Waals surface area contributed by atoms with Gasteiger partial charge in [0.1, 0.15) is 30.3 Å². The van der Waals surface area contributed by atoms with Crippen molar-refractivity contribution in [1.29, 1.82) is 0 Å². The molecule has 206 valence electrons. The molecule has 0 aromatic heterocycles. The van der Waals surface area contributed by atoms with Crippen LogP contribution in [0.5, 0.6) is 11.5 Å². The highest BCUT2D eigenvalue weighted by atomic mass is 16.7. The van der Waals surface area contributed by atoms with Crippen molar-refractivity contribution in [3.63, 3.8) is 0 Å². The fourth-order valence-electron chi connectivity index (χ4n) is 4.52. The summed E-state index contributed by atoms with van der Waals surface area (Å²) in [6.45, 7) is 3.04. The van der Waals surface area contributed by atoms with E-state index in [1.807, 2.05) is 0 Å². The van der Waals surface area contributed by atoms with Gasteiger partial charge in [0.15, 0.2) is 12.2 Å². The molecule has 0 saturated carbocycles. The molecule has 2 aliphatic rings. The number of ether oxygens (including phenoxy) is 6. The van der Waals surface area contributed by atoms with Gasteiger partial charge in [-0.25, -0.2) is 0 Å². The van der Waals surface area contributed by atoms with E-state index in [9.17, 15) is 24.0 Å². The van der Waals surface area contributed by atoms with E-state index in [4.69, 9.17) is 28.4 Å². The van der Waals surface area contributed by atoms with Crippen molar-refractivity contribution in [3.05, 3.63) is 59.7 Å². The summed E-state index contributed by atoms with van der Waals surface area (Å²) in [6, 6.07) is 11.2. The van der Waals surface area contributed by atoms with Crippen LogP contribution >= 0.6 is 0 Å². The average Bonchev–Trinajstić information content (AvgIpc) is 3.14. The topological polar surface area (TPSA) is 144 Å². The Bertz CT molecular complexity index is 1240. The van der Waals surface area contributed by atoms with Gasteiger partial charge >= 0.3 is 17.9 Å². The van der Waals surface area contributed by atoms with Crippen LogP contribution in [0, 0.1) is 0 Å². The molecule has 1 fully saturated rings. The van der Waals surface area contributed by atoms with Crippen molar-refractivity contribution in [2.24, 2.45) is 0 Å². The lowest BCUT2D eigenvalue weighted by Gasteiger charge is -2.46. The summed E-state index contributed by atoms with van der Waals surface area (Å²) in [5, 5.41) is 0. The average molecular weight is 542 g/mol. The highest BCUT2D eigenvalue weighted by Gasteiger charge is 2.57. The number of esters is 3. The first-order chi connectivity index (χ1) is 18.6. The van der Waals surface area contributed by atoms with Crippen LogP contribution in [0.25, 0.3) is 0 Å². The molecule has 0 spiro atoms. The lowest BCUT2D eigenvalue weighted by atomic mass is 9.94. The predicted molar refractivity (Wildman–Crippen MR) is 131 cm³/mol. The van der Waals surface area contributed by atoms with Crippen LogP contribution in [0.4, 0.5) is 0 Å². The van der Waals surface area contributed by atoms with Gasteiger partial charge in [-0.1, -0.05) is 12.1 Å². The van der Waals surface area contributed by atoms with Crippen LogP contribution in [0.15, 0.2) is 48.5 Å². The Morgan fingerprint density at radius 2 is 1.33 bits per heavy atom. The number of rotatable bonds is 8. The van der Waals surface area contributed by atoms with E-state index >= 15 is 0 Å². The van der Waals surface area contributed by atoms with E-state index in [1.165, 1.54) is 26.2 Å². The van der Waals surface area contributed by atoms with Gasteiger partial charge in [0.05, 0.1) is 18.2 Å². The molecule has 2 aromatic rings. The van der Waals surface area contributed by atoms with Gasteiger partial charge in [-0.3, -0.25) is 28.9 Å². The molecule has 0 bridgehead atoms. The number of imide groups is 1. The summed E-state index contributed by atoms with van der Waals surface area (Å²) in [4.78, 5) is 63.8. The van der Waals surface area contributed by atoms with Crippen molar-refractivity contribution in [3.8, 4) is 11.5 Å². The molecule has 2 aliphatic heterocycles. The quantitative estimate of drug-likeness (QED) is 0.274. The van der Waals surface area contributed by atoms with Crippen molar-refractivity contribution >= 4 is 29.7 Å². The summed E-state index contributed by atoms with van der Waals surface area (Å²) in [7, 11) is 1.50. The Labute approximate surface area is 223 Å². The van der Waals surface area contributed by atoms with E-state index in [-0.39, 0.29) is 16.9 Å². The second-order valence-corrected chi connectivity index (χ2v) is 8.80. The smallest absolute Gasteiger partial charge is 0.303 e. The Kier molecular flexibility index (Phi) is 8.15. The largest absolute Gasteiger partial charge is 0.497 e. The molecule has 5 atom stereocenters. The van der Waals surface area contributed by atoms with Gasteiger partial charge in [-0.2, -0.15) is 0 Å². The maximum absolute atomic E-state index is 13.5. The maximum Gasteiger partial charge on any atom is 0.303 e. The molecule has 0 N–H and O–H groups in total. The Balaban J connectivity index is 1.81. The standard InChI is InChI=1S/C27H27NO11/c1-14(29)35-13-21-23(36-15(2)30)24(37-16(3)31)22(27(39-21)38-18-11-9-17(34-4)10-12-18)28-25(32)19-7-5-6-8-20(19)26(28)33/h5-12,21-24,27H,13H2,1-4H3/t21?,22?,23-,24?,27-/m1/s1. The second kappa shape index (κ2) is 11.5. The molecule has 0 radical (unpaired) electrons. The molecule has 39 heavy (non-hydrogen) atoms. The highest BCUT2D eigenvalue weighted by molar-refractivity contribution is 6.21. The lowest BCUT2D eigenvalue weighted by Crippen LogP contribution is -2.68. The fourth-order valence-corrected chi connectivity index (χ4v) is 4.52. The molecular formula is C27H27NO11. The van der Waals surface area contributed by atoms with Gasteiger partial charge in [-0.15, -0.1) is 0 Å². The van der Waals surface area contributed by atoms with Gasteiger partial charge in [0.25, 0.3) is 11.8 Å².